The highest BCUT2D eigenvalue weighted by Crippen LogP contribution is 2.05. The van der Waals surface area contributed by atoms with Crippen molar-refractivity contribution in [3.05, 3.63) is 0 Å². The Morgan fingerprint density at radius 2 is 2.00 bits per heavy atom. The first kappa shape index (κ1) is 10.0. The molecule has 0 rings (SSSR count). The lowest BCUT2D eigenvalue weighted by atomic mass is 10.9. The van der Waals surface area contributed by atoms with E-state index in [4.69, 9.17) is 23.2 Å². The third-order valence-corrected chi connectivity index (χ3v) is 6.15. The van der Waals surface area contributed by atoms with Gasteiger partial charge in [-0.2, -0.15) is 0 Å². The summed E-state index contributed by atoms with van der Waals surface area (Å²) in [5.74, 6) is 0. The summed E-state index contributed by atoms with van der Waals surface area (Å²) >= 11 is 11.2. The second kappa shape index (κ2) is 5.77. The van der Waals surface area contributed by atoms with Crippen molar-refractivity contribution in [2.45, 2.75) is 29.6 Å². The molecule has 0 saturated heterocycles. The molecule has 4 heteroatoms. The van der Waals surface area contributed by atoms with Crippen molar-refractivity contribution < 1.29 is 0 Å². The molecule has 0 atom stereocenters. The molecule has 0 spiro atoms. The molecule has 0 aromatic rings. The molecule has 0 unspecified atom stereocenters. The minimum Gasteiger partial charge on any atom is -0.110 e. The van der Waals surface area contributed by atoms with Gasteiger partial charge in [0.15, 0.2) is 0 Å². The van der Waals surface area contributed by atoms with Crippen LogP contribution in [0.3, 0.4) is 0 Å². The maximum atomic E-state index is 5.60. The highest BCUT2D eigenvalue weighted by atomic mass is 35.5. The smallest absolute Gasteiger partial charge is 0.0907 e. The zero-order valence-corrected chi connectivity index (χ0v) is 10.1. The summed E-state index contributed by atoms with van der Waals surface area (Å²) in [6.07, 6.45) is 0. The lowest BCUT2D eigenvalue weighted by Crippen LogP contribution is -2.05. The average Bonchev–Trinajstić information content (AvgIpc) is 1.63. The summed E-state index contributed by atoms with van der Waals surface area (Å²) in [5.41, 5.74) is 0. The Hall–Kier alpha value is 1.01. The second-order valence-corrected chi connectivity index (χ2v) is 10.5. The zero-order chi connectivity index (χ0) is 7.28. The van der Waals surface area contributed by atoms with Crippen molar-refractivity contribution >= 4 is 41.5 Å². The van der Waals surface area contributed by atoms with E-state index in [1.807, 2.05) is 0 Å². The molecule has 0 aliphatic heterocycles. The monoisotopic (exact) mass is 200 g/mol. The van der Waals surface area contributed by atoms with E-state index in [9.17, 15) is 0 Å². The Balaban J connectivity index is 2.91. The number of hydrogen-bond donors (Lipinski definition) is 0. The lowest BCUT2D eigenvalue weighted by molar-refractivity contribution is 1.37. The molecule has 0 bridgehead atoms. The quantitative estimate of drug-likeness (QED) is 0.481. The summed E-state index contributed by atoms with van der Waals surface area (Å²) in [6.45, 7) is 4.73. The third kappa shape index (κ3) is 9.01. The highest BCUT2D eigenvalue weighted by Gasteiger charge is 2.00. The summed E-state index contributed by atoms with van der Waals surface area (Å²) in [5, 5.41) is 0. The third-order valence-electron chi connectivity index (χ3n) is 1.20. The Morgan fingerprint density at radius 1 is 1.44 bits per heavy atom. The number of alkyl halides is 2. The topological polar surface area (TPSA) is 0 Å². The fourth-order valence-electron chi connectivity index (χ4n) is 0.680. The van der Waals surface area contributed by atoms with Crippen molar-refractivity contribution in [3.63, 3.8) is 0 Å². The zero-order valence-electron chi connectivity index (χ0n) is 6.03. The summed E-state index contributed by atoms with van der Waals surface area (Å²) < 4.78 is -0.00208. The maximum absolute atomic E-state index is 5.60. The molecule has 0 heterocycles. The van der Waals surface area contributed by atoms with Gasteiger partial charge >= 0.3 is 0 Å². The van der Waals surface area contributed by atoms with Crippen LogP contribution in [-0.2, 0) is 0 Å². The molecule has 9 heavy (non-hydrogen) atoms. The van der Waals surface area contributed by atoms with Gasteiger partial charge < -0.3 is 0 Å². The summed E-state index contributed by atoms with van der Waals surface area (Å²) in [7, 11) is -0.443. The largest absolute Gasteiger partial charge is 0.110 e. The van der Waals surface area contributed by atoms with Gasteiger partial charge in [-0.3, -0.25) is 0 Å². The molecule has 0 radical (unpaired) electrons. The number of halogens is 2. The van der Waals surface area contributed by atoms with Gasteiger partial charge in [0, 0.05) is 8.80 Å². The molecule has 0 aliphatic carbocycles. The van der Waals surface area contributed by atoms with Crippen LogP contribution in [0.15, 0.2) is 0 Å². The normalized spacial score (nSPS) is 12.7. The Morgan fingerprint density at radius 3 is 2.33 bits per heavy atom. The summed E-state index contributed by atoms with van der Waals surface area (Å²) in [4.78, 5) is 0. The van der Waals surface area contributed by atoms with Gasteiger partial charge in [0.25, 0.3) is 0 Å². The summed E-state index contributed by atoms with van der Waals surface area (Å²) in [6, 6.07) is 2.78. The van der Waals surface area contributed by atoms with Gasteiger partial charge in [0.2, 0.25) is 0 Å². The Bertz CT molecular complexity index is 58.0. The van der Waals surface area contributed by atoms with E-state index in [1.165, 1.54) is 12.1 Å². The van der Waals surface area contributed by atoms with E-state index < -0.39 is 0 Å². The van der Waals surface area contributed by atoms with Gasteiger partial charge in [-0.1, -0.05) is 25.2 Å². The number of hydrogen-bond acceptors (Lipinski definition) is 0. The van der Waals surface area contributed by atoms with Crippen LogP contribution in [0, 0.1) is 0 Å². The molecule has 0 nitrogen and oxygen atoms in total. The van der Waals surface area contributed by atoms with Gasteiger partial charge in [-0.25, -0.2) is 0 Å². The maximum Gasteiger partial charge on any atom is 0.0907 e. The average molecular weight is 201 g/mol. The van der Waals surface area contributed by atoms with Crippen molar-refractivity contribution in [3.8, 4) is 0 Å². The number of rotatable bonds is 4. The van der Waals surface area contributed by atoms with Crippen LogP contribution in [0.25, 0.3) is 0 Å². The van der Waals surface area contributed by atoms with Crippen LogP contribution in [0.4, 0.5) is 0 Å². The first-order chi connectivity index (χ1) is 4.13. The van der Waals surface area contributed by atoms with Gasteiger partial charge in [0.1, 0.15) is 0 Å². The minimum atomic E-state index is -0.312. The standard InChI is InChI=1S/C5H14Cl2Si2/c1-9(2)4-3-8-5(6)7/h5,9H,3-4,8H2,1-2H3. The fraction of sp³-hybridized carbons (Fsp3) is 1.00. The molecule has 0 fully saturated rings. The predicted molar refractivity (Wildman–Crippen MR) is 52.5 cm³/mol. The Kier molecular flexibility index (Phi) is 6.42. The van der Waals surface area contributed by atoms with E-state index in [2.05, 4.69) is 13.1 Å². The van der Waals surface area contributed by atoms with E-state index >= 15 is 0 Å². The molecule has 0 amide bonds. The Labute approximate surface area is 71.4 Å². The molecule has 56 valence electrons. The molecular formula is C5H14Cl2Si2. The molecule has 0 saturated carbocycles. The first-order valence-electron chi connectivity index (χ1n) is 3.41. The van der Waals surface area contributed by atoms with Crippen molar-refractivity contribution in [1.29, 1.82) is 0 Å². The molecule has 0 aliphatic rings. The first-order valence-corrected chi connectivity index (χ1v) is 9.22. The minimum absolute atomic E-state index is 0.00208. The molecule has 0 N–H and O–H groups in total. The lowest BCUT2D eigenvalue weighted by Gasteiger charge is -2.01. The van der Waals surface area contributed by atoms with Crippen LogP contribution < -0.4 is 0 Å². The van der Waals surface area contributed by atoms with Gasteiger partial charge in [0.05, 0.1) is 14.0 Å². The van der Waals surface area contributed by atoms with Crippen LogP contribution in [-0.4, -0.2) is 22.8 Å². The highest BCUT2D eigenvalue weighted by molar-refractivity contribution is 6.69. The van der Waals surface area contributed by atoms with Crippen LogP contribution in [0.5, 0.6) is 0 Å². The van der Waals surface area contributed by atoms with E-state index in [0.717, 1.165) is 0 Å². The van der Waals surface area contributed by atoms with Crippen molar-refractivity contribution in [2.24, 2.45) is 0 Å². The van der Waals surface area contributed by atoms with Crippen molar-refractivity contribution in [2.75, 3.05) is 0 Å². The van der Waals surface area contributed by atoms with E-state index in [1.54, 1.807) is 0 Å². The SMILES string of the molecule is C[SiH](C)CC[SiH2]C(Cl)Cl. The molecule has 0 aromatic heterocycles. The predicted octanol–water partition coefficient (Wildman–Crippen LogP) is 1.82. The fourth-order valence-corrected chi connectivity index (χ4v) is 6.12. The van der Waals surface area contributed by atoms with Crippen LogP contribution >= 0.6 is 23.2 Å². The molecule has 0 aromatic carbocycles. The van der Waals surface area contributed by atoms with Crippen molar-refractivity contribution in [1.82, 2.24) is 0 Å². The van der Waals surface area contributed by atoms with Gasteiger partial charge in [-0.05, 0) is 0 Å². The second-order valence-electron chi connectivity index (χ2n) is 2.72. The van der Waals surface area contributed by atoms with Gasteiger partial charge in [-0.15, -0.1) is 23.2 Å². The van der Waals surface area contributed by atoms with E-state index in [0.29, 0.717) is 0 Å². The van der Waals surface area contributed by atoms with Crippen LogP contribution in [0.1, 0.15) is 0 Å². The van der Waals surface area contributed by atoms with Crippen LogP contribution in [0.2, 0.25) is 25.2 Å². The van der Waals surface area contributed by atoms with E-state index in [-0.39, 0.29) is 22.8 Å². The molecular weight excluding hydrogens is 187 g/mol.